The molecule has 0 unspecified atom stereocenters. The molecular formula is C17H18N4O6S. The van der Waals surface area contributed by atoms with Gasteiger partial charge in [-0.25, -0.2) is 8.42 Å². The van der Waals surface area contributed by atoms with Gasteiger partial charge < -0.3 is 9.84 Å². The lowest BCUT2D eigenvalue weighted by molar-refractivity contribution is -0.385. The Morgan fingerprint density at radius 1 is 1.21 bits per heavy atom. The molecule has 1 aliphatic rings. The normalized spacial score (nSPS) is 15.6. The minimum Gasteiger partial charge on any atom is -0.508 e. The number of ether oxygens (including phenoxy) is 1. The number of hydrogen-bond donors (Lipinski definition) is 2. The average molecular weight is 406 g/mol. The molecule has 0 atom stereocenters. The number of hydrazone groups is 1. The number of anilines is 1. The third-order valence-corrected chi connectivity index (χ3v) is 5.97. The van der Waals surface area contributed by atoms with Crippen LogP contribution in [0, 0.1) is 10.1 Å². The second-order valence-electron chi connectivity index (χ2n) is 5.92. The van der Waals surface area contributed by atoms with Crippen LogP contribution in [0.1, 0.15) is 5.56 Å². The molecule has 3 rings (SSSR count). The van der Waals surface area contributed by atoms with Gasteiger partial charge in [-0.05, 0) is 23.8 Å². The fourth-order valence-electron chi connectivity index (χ4n) is 2.64. The molecule has 0 amide bonds. The van der Waals surface area contributed by atoms with Crippen LogP contribution >= 0.6 is 0 Å². The molecule has 2 aromatic rings. The predicted molar refractivity (Wildman–Crippen MR) is 102 cm³/mol. The zero-order valence-corrected chi connectivity index (χ0v) is 15.5. The van der Waals surface area contributed by atoms with Crippen molar-refractivity contribution in [3.63, 3.8) is 0 Å². The van der Waals surface area contributed by atoms with Gasteiger partial charge in [0, 0.05) is 25.2 Å². The number of benzene rings is 2. The lowest BCUT2D eigenvalue weighted by Gasteiger charge is -2.26. The highest BCUT2D eigenvalue weighted by Crippen LogP contribution is 2.29. The summed E-state index contributed by atoms with van der Waals surface area (Å²) in [5.74, 6) is 0.0647. The minimum absolute atomic E-state index is 0.0647. The van der Waals surface area contributed by atoms with Crippen LogP contribution < -0.4 is 5.43 Å². The first-order chi connectivity index (χ1) is 13.4. The van der Waals surface area contributed by atoms with Crippen molar-refractivity contribution in [1.82, 2.24) is 4.31 Å². The van der Waals surface area contributed by atoms with Gasteiger partial charge in [0.05, 0.1) is 30.0 Å². The van der Waals surface area contributed by atoms with Crippen molar-refractivity contribution in [1.29, 1.82) is 0 Å². The van der Waals surface area contributed by atoms with Gasteiger partial charge in [-0.2, -0.15) is 9.41 Å². The van der Waals surface area contributed by atoms with E-state index in [-0.39, 0.29) is 48.3 Å². The number of hydrogen-bond acceptors (Lipinski definition) is 8. The maximum Gasteiger partial charge on any atom is 0.270 e. The van der Waals surface area contributed by atoms with Crippen LogP contribution in [0.15, 0.2) is 52.5 Å². The number of nitro groups is 1. The van der Waals surface area contributed by atoms with Crippen molar-refractivity contribution in [2.45, 2.75) is 4.90 Å². The molecule has 28 heavy (non-hydrogen) atoms. The number of rotatable bonds is 6. The summed E-state index contributed by atoms with van der Waals surface area (Å²) in [4.78, 5) is 10.2. The maximum atomic E-state index is 13.0. The Labute approximate surface area is 161 Å². The molecule has 148 valence electrons. The Bertz CT molecular complexity index is 1000. The molecule has 2 aromatic carbocycles. The summed E-state index contributed by atoms with van der Waals surface area (Å²) in [6.45, 7) is 0.840. The largest absolute Gasteiger partial charge is 0.508 e. The molecule has 11 heteroatoms. The lowest BCUT2D eigenvalue weighted by atomic mass is 10.2. The van der Waals surface area contributed by atoms with Gasteiger partial charge in [0.1, 0.15) is 10.6 Å². The number of nitro benzene ring substituents is 1. The van der Waals surface area contributed by atoms with Gasteiger partial charge in [0.15, 0.2) is 0 Å². The third-order valence-electron chi connectivity index (χ3n) is 4.03. The first-order valence-electron chi connectivity index (χ1n) is 8.32. The molecule has 1 heterocycles. The summed E-state index contributed by atoms with van der Waals surface area (Å²) < 4.78 is 32.4. The van der Waals surface area contributed by atoms with E-state index in [0.29, 0.717) is 5.56 Å². The Kier molecular flexibility index (Phi) is 5.87. The van der Waals surface area contributed by atoms with E-state index in [4.69, 9.17) is 4.74 Å². The monoisotopic (exact) mass is 406 g/mol. The summed E-state index contributed by atoms with van der Waals surface area (Å²) in [6, 6.07) is 9.83. The Hall–Kier alpha value is -3.02. The summed E-state index contributed by atoms with van der Waals surface area (Å²) >= 11 is 0. The van der Waals surface area contributed by atoms with Crippen LogP contribution in [0.5, 0.6) is 5.75 Å². The van der Waals surface area contributed by atoms with Gasteiger partial charge in [-0.15, -0.1) is 0 Å². The van der Waals surface area contributed by atoms with E-state index >= 15 is 0 Å². The van der Waals surface area contributed by atoms with Crippen molar-refractivity contribution < 1.29 is 23.2 Å². The van der Waals surface area contributed by atoms with Crippen molar-refractivity contribution in [2.75, 3.05) is 31.7 Å². The first-order valence-corrected chi connectivity index (χ1v) is 9.76. The van der Waals surface area contributed by atoms with Crippen molar-refractivity contribution in [2.24, 2.45) is 5.10 Å². The van der Waals surface area contributed by atoms with Gasteiger partial charge in [0.25, 0.3) is 5.69 Å². The third kappa shape index (κ3) is 4.44. The van der Waals surface area contributed by atoms with Gasteiger partial charge in [-0.1, -0.05) is 12.1 Å². The molecule has 1 saturated heterocycles. The van der Waals surface area contributed by atoms with Gasteiger partial charge in [0.2, 0.25) is 10.0 Å². The summed E-state index contributed by atoms with van der Waals surface area (Å²) in [5.41, 5.74) is 2.98. The summed E-state index contributed by atoms with van der Waals surface area (Å²) in [5, 5.41) is 24.6. The highest BCUT2D eigenvalue weighted by molar-refractivity contribution is 7.89. The van der Waals surface area contributed by atoms with Crippen molar-refractivity contribution >= 4 is 27.6 Å². The van der Waals surface area contributed by atoms with Crippen LogP contribution in [0.25, 0.3) is 0 Å². The second kappa shape index (κ2) is 8.33. The van der Waals surface area contributed by atoms with E-state index in [0.717, 1.165) is 6.07 Å². The van der Waals surface area contributed by atoms with Crippen LogP contribution in [0.4, 0.5) is 11.4 Å². The zero-order valence-electron chi connectivity index (χ0n) is 14.7. The fraction of sp³-hybridized carbons (Fsp3) is 0.235. The van der Waals surface area contributed by atoms with E-state index < -0.39 is 14.9 Å². The number of non-ortho nitro benzene ring substituents is 1. The van der Waals surface area contributed by atoms with E-state index in [2.05, 4.69) is 10.5 Å². The molecule has 0 aliphatic carbocycles. The van der Waals surface area contributed by atoms with Gasteiger partial charge in [-0.3, -0.25) is 15.5 Å². The Morgan fingerprint density at radius 3 is 2.64 bits per heavy atom. The van der Waals surface area contributed by atoms with E-state index in [1.807, 2.05) is 0 Å². The molecule has 1 fully saturated rings. The molecular weight excluding hydrogens is 388 g/mol. The van der Waals surface area contributed by atoms with E-state index in [1.165, 1.54) is 34.8 Å². The number of phenolic OH excluding ortho intramolecular Hbond substituents is 1. The van der Waals surface area contributed by atoms with Crippen LogP contribution in [0.2, 0.25) is 0 Å². The molecule has 1 aliphatic heterocycles. The average Bonchev–Trinajstić information content (AvgIpc) is 2.68. The minimum atomic E-state index is -3.98. The number of aromatic hydroxyl groups is 1. The maximum absolute atomic E-state index is 13.0. The lowest BCUT2D eigenvalue weighted by Crippen LogP contribution is -2.40. The Morgan fingerprint density at radius 2 is 1.96 bits per heavy atom. The topological polar surface area (TPSA) is 134 Å². The SMILES string of the molecule is O=[N+]([O-])c1ccc(N/N=C\c2cccc(O)c2)c(S(=O)(=O)N2CCOCC2)c1. The predicted octanol–water partition coefficient (Wildman–Crippen LogP) is 1.77. The number of nitrogens with one attached hydrogen (secondary N) is 1. The molecule has 2 N–H and O–H groups in total. The van der Waals surface area contributed by atoms with Crippen LogP contribution in [-0.4, -0.2) is 55.3 Å². The highest BCUT2D eigenvalue weighted by Gasteiger charge is 2.30. The van der Waals surface area contributed by atoms with Crippen molar-refractivity contribution in [3.8, 4) is 5.75 Å². The fourth-order valence-corrected chi connectivity index (χ4v) is 4.21. The van der Waals surface area contributed by atoms with Crippen LogP contribution in [-0.2, 0) is 14.8 Å². The summed E-state index contributed by atoms with van der Waals surface area (Å²) in [7, 11) is -3.98. The number of sulfonamides is 1. The Balaban J connectivity index is 1.93. The number of morpholine rings is 1. The molecule has 0 spiro atoms. The molecule has 0 saturated carbocycles. The summed E-state index contributed by atoms with van der Waals surface area (Å²) in [6.07, 6.45) is 1.40. The highest BCUT2D eigenvalue weighted by atomic mass is 32.2. The van der Waals surface area contributed by atoms with E-state index in [9.17, 15) is 23.6 Å². The zero-order chi connectivity index (χ0) is 20.1. The van der Waals surface area contributed by atoms with E-state index in [1.54, 1.807) is 12.1 Å². The second-order valence-corrected chi connectivity index (χ2v) is 7.83. The van der Waals surface area contributed by atoms with Crippen molar-refractivity contribution in [3.05, 3.63) is 58.1 Å². The number of phenols is 1. The molecule has 0 aromatic heterocycles. The molecule has 10 nitrogen and oxygen atoms in total. The quantitative estimate of drug-likeness (QED) is 0.424. The molecule has 0 radical (unpaired) electrons. The first kappa shape index (κ1) is 19.7. The number of nitrogens with zero attached hydrogens (tertiary/aromatic N) is 3. The standard InChI is InChI=1S/C17H18N4O6S/c22-15-3-1-2-13(10-15)12-18-19-16-5-4-14(21(23)24)11-17(16)28(25,26)20-6-8-27-9-7-20/h1-5,10-12,19,22H,6-9H2/b18-12-. The van der Waals surface area contributed by atoms with Gasteiger partial charge >= 0.3 is 0 Å². The smallest absolute Gasteiger partial charge is 0.270 e. The van der Waals surface area contributed by atoms with Crippen LogP contribution in [0.3, 0.4) is 0 Å². The molecule has 0 bridgehead atoms.